The van der Waals surface area contributed by atoms with Gasteiger partial charge in [-0.1, -0.05) is 0 Å². The number of nitro groups is 1. The van der Waals surface area contributed by atoms with Crippen LogP contribution < -0.4 is 19.5 Å². The smallest absolute Gasteiger partial charge is 0.417 e. The first-order valence-electron chi connectivity index (χ1n) is 6.90. The highest BCUT2D eigenvalue weighted by Gasteiger charge is 2.14. The zero-order valence-electron chi connectivity index (χ0n) is 13.4. The highest BCUT2D eigenvalue weighted by molar-refractivity contribution is 5.88. The molecule has 0 radical (unpaired) electrons. The molecule has 0 fully saturated rings. The second-order valence-corrected chi connectivity index (χ2v) is 4.79. The van der Waals surface area contributed by atoms with Crippen molar-refractivity contribution in [3.8, 4) is 17.2 Å². The van der Waals surface area contributed by atoms with Gasteiger partial charge in [0.15, 0.2) is 0 Å². The molecule has 0 saturated heterocycles. The molecule has 0 aliphatic heterocycles. The van der Waals surface area contributed by atoms with Crippen molar-refractivity contribution in [2.24, 2.45) is 0 Å². The number of rotatable bonds is 5. The van der Waals surface area contributed by atoms with Crippen LogP contribution in [-0.2, 0) is 0 Å². The number of nitrogens with one attached hydrogen (secondary N) is 1. The summed E-state index contributed by atoms with van der Waals surface area (Å²) in [5, 5.41) is 13.3. The SMILES string of the molecule is COc1ccc(OC)c(NC(=O)Oc2ccc([N+](=O)[O-])c(C)c2)c1. The molecule has 2 aromatic rings. The largest absolute Gasteiger partial charge is 0.497 e. The fourth-order valence-corrected chi connectivity index (χ4v) is 2.05. The molecule has 0 aliphatic rings. The van der Waals surface area contributed by atoms with Crippen LogP contribution >= 0.6 is 0 Å². The lowest BCUT2D eigenvalue weighted by atomic mass is 10.2. The number of ether oxygens (including phenoxy) is 3. The molecule has 1 amide bonds. The molecule has 126 valence electrons. The first kappa shape index (κ1) is 17.1. The zero-order valence-corrected chi connectivity index (χ0v) is 13.4. The first-order valence-corrected chi connectivity index (χ1v) is 6.90. The number of hydrogen-bond donors (Lipinski definition) is 1. The van der Waals surface area contributed by atoms with Gasteiger partial charge in [0.25, 0.3) is 5.69 Å². The van der Waals surface area contributed by atoms with Gasteiger partial charge in [0.05, 0.1) is 24.8 Å². The van der Waals surface area contributed by atoms with Crippen molar-refractivity contribution >= 4 is 17.5 Å². The second-order valence-electron chi connectivity index (χ2n) is 4.79. The number of hydrogen-bond acceptors (Lipinski definition) is 6. The van der Waals surface area contributed by atoms with Crippen molar-refractivity contribution in [3.05, 3.63) is 52.1 Å². The van der Waals surface area contributed by atoms with Crippen molar-refractivity contribution < 1.29 is 23.9 Å². The van der Waals surface area contributed by atoms with E-state index in [1.54, 1.807) is 25.1 Å². The number of aryl methyl sites for hydroxylation is 1. The summed E-state index contributed by atoms with van der Waals surface area (Å²) in [6, 6.07) is 8.97. The lowest BCUT2D eigenvalue weighted by Gasteiger charge is -2.12. The molecule has 0 atom stereocenters. The Bertz CT molecular complexity index is 775. The number of amides is 1. The second kappa shape index (κ2) is 7.32. The van der Waals surface area contributed by atoms with Crippen LogP contribution in [-0.4, -0.2) is 25.2 Å². The fraction of sp³-hybridized carbons (Fsp3) is 0.188. The average molecular weight is 332 g/mol. The molecule has 2 aromatic carbocycles. The molecular formula is C16H16N2O6. The van der Waals surface area contributed by atoms with Gasteiger partial charge in [-0.3, -0.25) is 15.4 Å². The Hall–Kier alpha value is -3.29. The first-order chi connectivity index (χ1) is 11.4. The van der Waals surface area contributed by atoms with E-state index in [4.69, 9.17) is 14.2 Å². The third-order valence-electron chi connectivity index (χ3n) is 3.22. The molecule has 0 spiro atoms. The van der Waals surface area contributed by atoms with Crippen molar-refractivity contribution in [2.75, 3.05) is 19.5 Å². The van der Waals surface area contributed by atoms with Crippen LogP contribution in [0.5, 0.6) is 17.2 Å². The number of methoxy groups -OCH3 is 2. The summed E-state index contributed by atoms with van der Waals surface area (Å²) in [5.74, 6) is 1.17. The molecule has 0 aliphatic carbocycles. The van der Waals surface area contributed by atoms with Crippen molar-refractivity contribution in [3.63, 3.8) is 0 Å². The van der Waals surface area contributed by atoms with E-state index in [2.05, 4.69) is 5.32 Å². The van der Waals surface area contributed by atoms with Gasteiger partial charge in [0, 0.05) is 17.7 Å². The Kier molecular flexibility index (Phi) is 5.20. The Labute approximate surface area is 138 Å². The number of carbonyl (C=O) groups is 1. The lowest BCUT2D eigenvalue weighted by Crippen LogP contribution is -2.17. The van der Waals surface area contributed by atoms with Crippen LogP contribution in [0.4, 0.5) is 16.2 Å². The van der Waals surface area contributed by atoms with Gasteiger partial charge in [-0.05, 0) is 31.2 Å². The molecule has 0 saturated carbocycles. The molecule has 2 rings (SSSR count). The van der Waals surface area contributed by atoms with Crippen LogP contribution in [0.3, 0.4) is 0 Å². The summed E-state index contributed by atoms with van der Waals surface area (Å²) in [7, 11) is 2.97. The van der Waals surface area contributed by atoms with E-state index in [0.717, 1.165) is 0 Å². The molecule has 8 nitrogen and oxygen atoms in total. The number of nitro benzene ring substituents is 1. The van der Waals surface area contributed by atoms with Gasteiger partial charge < -0.3 is 14.2 Å². The minimum absolute atomic E-state index is 0.0442. The van der Waals surface area contributed by atoms with Crippen molar-refractivity contribution in [1.82, 2.24) is 0 Å². The van der Waals surface area contributed by atoms with E-state index >= 15 is 0 Å². The summed E-state index contributed by atoms with van der Waals surface area (Å²) in [5.41, 5.74) is 0.724. The Balaban J connectivity index is 2.14. The van der Waals surface area contributed by atoms with Gasteiger partial charge in [0.1, 0.15) is 17.2 Å². The highest BCUT2D eigenvalue weighted by atomic mass is 16.6. The van der Waals surface area contributed by atoms with Crippen LogP contribution in [0.2, 0.25) is 0 Å². The van der Waals surface area contributed by atoms with Gasteiger partial charge in [-0.15, -0.1) is 0 Å². The van der Waals surface area contributed by atoms with Gasteiger partial charge in [0.2, 0.25) is 0 Å². The van der Waals surface area contributed by atoms with E-state index in [-0.39, 0.29) is 11.4 Å². The minimum atomic E-state index is -0.755. The van der Waals surface area contributed by atoms with E-state index in [1.807, 2.05) is 0 Å². The maximum atomic E-state index is 12.0. The predicted molar refractivity (Wildman–Crippen MR) is 87.0 cm³/mol. The van der Waals surface area contributed by atoms with Gasteiger partial charge >= 0.3 is 6.09 Å². The molecule has 0 heterocycles. The number of nitrogens with zero attached hydrogens (tertiary/aromatic N) is 1. The number of benzene rings is 2. The van der Waals surface area contributed by atoms with E-state index in [1.165, 1.54) is 32.4 Å². The summed E-state index contributed by atoms with van der Waals surface area (Å²) in [6.45, 7) is 1.56. The Morgan fingerprint density at radius 2 is 1.79 bits per heavy atom. The topological polar surface area (TPSA) is 99.9 Å². The number of anilines is 1. The van der Waals surface area contributed by atoms with Crippen LogP contribution in [0, 0.1) is 17.0 Å². The minimum Gasteiger partial charge on any atom is -0.497 e. The Morgan fingerprint density at radius 3 is 2.38 bits per heavy atom. The lowest BCUT2D eigenvalue weighted by molar-refractivity contribution is -0.385. The van der Waals surface area contributed by atoms with Gasteiger partial charge in [-0.25, -0.2) is 4.79 Å². The third kappa shape index (κ3) is 3.92. The Morgan fingerprint density at radius 1 is 1.08 bits per heavy atom. The molecule has 1 N–H and O–H groups in total. The summed E-state index contributed by atoms with van der Waals surface area (Å²) < 4.78 is 15.4. The van der Waals surface area contributed by atoms with Crippen LogP contribution in [0.1, 0.15) is 5.56 Å². The van der Waals surface area contributed by atoms with E-state index in [0.29, 0.717) is 22.7 Å². The normalized spacial score (nSPS) is 9.96. The molecule has 0 aromatic heterocycles. The zero-order chi connectivity index (χ0) is 17.7. The molecular weight excluding hydrogens is 316 g/mol. The van der Waals surface area contributed by atoms with E-state index in [9.17, 15) is 14.9 Å². The van der Waals surface area contributed by atoms with Crippen molar-refractivity contribution in [1.29, 1.82) is 0 Å². The van der Waals surface area contributed by atoms with Crippen LogP contribution in [0.15, 0.2) is 36.4 Å². The maximum Gasteiger partial charge on any atom is 0.417 e. The molecule has 24 heavy (non-hydrogen) atoms. The molecule has 8 heteroatoms. The average Bonchev–Trinajstić information content (AvgIpc) is 2.54. The van der Waals surface area contributed by atoms with Crippen molar-refractivity contribution in [2.45, 2.75) is 6.92 Å². The highest BCUT2D eigenvalue weighted by Crippen LogP contribution is 2.29. The predicted octanol–water partition coefficient (Wildman–Crippen LogP) is 3.53. The quantitative estimate of drug-likeness (QED) is 0.664. The standard InChI is InChI=1S/C16H16N2O6/c1-10-8-12(4-6-14(10)18(20)21)24-16(19)17-13-9-11(22-2)5-7-15(13)23-3/h4-9H,1-3H3,(H,17,19). The molecule has 0 bridgehead atoms. The summed E-state index contributed by atoms with van der Waals surface area (Å²) in [4.78, 5) is 22.3. The fourth-order valence-electron chi connectivity index (χ4n) is 2.05. The monoisotopic (exact) mass is 332 g/mol. The molecule has 0 unspecified atom stereocenters. The third-order valence-corrected chi connectivity index (χ3v) is 3.22. The number of carbonyl (C=O) groups excluding carboxylic acids is 1. The summed E-state index contributed by atoms with van der Waals surface area (Å²) in [6.07, 6.45) is -0.755. The maximum absolute atomic E-state index is 12.0. The van der Waals surface area contributed by atoms with Crippen LogP contribution in [0.25, 0.3) is 0 Å². The van der Waals surface area contributed by atoms with E-state index < -0.39 is 11.0 Å². The summed E-state index contributed by atoms with van der Waals surface area (Å²) >= 11 is 0. The van der Waals surface area contributed by atoms with Gasteiger partial charge in [-0.2, -0.15) is 0 Å².